The van der Waals surface area contributed by atoms with Crippen LogP contribution >= 0.6 is 11.3 Å². The fourth-order valence-electron chi connectivity index (χ4n) is 2.58. The molecule has 0 unspecified atom stereocenters. The first-order valence-electron chi connectivity index (χ1n) is 6.67. The summed E-state index contributed by atoms with van der Waals surface area (Å²) in [6.07, 6.45) is 1.98. The van der Waals surface area contributed by atoms with E-state index in [9.17, 15) is 4.39 Å². The van der Waals surface area contributed by atoms with Gasteiger partial charge < -0.3 is 9.64 Å². The standard InChI is InChI=1S/C15H18FNOS/c1-10-12(16)8-13-14-11(9-19-15(10)14)4-6-17(2)5-3-7-18-13/h8-9H,3-7H2,1-2H3. The van der Waals surface area contributed by atoms with Gasteiger partial charge >= 0.3 is 0 Å². The van der Waals surface area contributed by atoms with E-state index in [0.717, 1.165) is 47.3 Å². The van der Waals surface area contributed by atoms with Crippen molar-refractivity contribution in [2.45, 2.75) is 19.8 Å². The van der Waals surface area contributed by atoms with Crippen LogP contribution in [-0.4, -0.2) is 31.6 Å². The van der Waals surface area contributed by atoms with E-state index in [1.807, 2.05) is 6.92 Å². The molecule has 19 heavy (non-hydrogen) atoms. The van der Waals surface area contributed by atoms with Crippen LogP contribution in [0.3, 0.4) is 0 Å². The van der Waals surface area contributed by atoms with Gasteiger partial charge in [-0.05, 0) is 37.8 Å². The Bertz CT molecular complexity index is 608. The zero-order chi connectivity index (χ0) is 13.4. The SMILES string of the molecule is Cc1c(F)cc2c3c(csc13)CCN(C)CCCO2. The summed E-state index contributed by atoms with van der Waals surface area (Å²) < 4.78 is 20.8. The second-order valence-electron chi connectivity index (χ2n) is 5.20. The maximum Gasteiger partial charge on any atom is 0.131 e. The highest BCUT2D eigenvalue weighted by molar-refractivity contribution is 7.17. The zero-order valence-corrected chi connectivity index (χ0v) is 12.1. The summed E-state index contributed by atoms with van der Waals surface area (Å²) in [5.74, 6) is 0.559. The fourth-order valence-corrected chi connectivity index (χ4v) is 3.70. The molecule has 3 rings (SSSR count). The lowest BCUT2D eigenvalue weighted by Crippen LogP contribution is -2.24. The molecule has 2 heterocycles. The Hall–Kier alpha value is -1.13. The van der Waals surface area contributed by atoms with E-state index in [4.69, 9.17) is 4.74 Å². The minimum Gasteiger partial charge on any atom is -0.493 e. The number of ether oxygens (including phenoxy) is 1. The molecular formula is C15H18FNOS. The third-order valence-electron chi connectivity index (χ3n) is 3.77. The predicted octanol–water partition coefficient (Wildman–Crippen LogP) is 3.61. The molecule has 0 bridgehead atoms. The van der Waals surface area contributed by atoms with Crippen molar-refractivity contribution in [2.24, 2.45) is 0 Å². The third kappa shape index (κ3) is 2.35. The Morgan fingerprint density at radius 3 is 3.05 bits per heavy atom. The summed E-state index contributed by atoms with van der Waals surface area (Å²) >= 11 is 1.63. The van der Waals surface area contributed by atoms with Gasteiger partial charge in [-0.15, -0.1) is 11.3 Å². The van der Waals surface area contributed by atoms with Crippen LogP contribution in [-0.2, 0) is 6.42 Å². The highest BCUT2D eigenvalue weighted by Gasteiger charge is 2.17. The molecule has 2 aromatic rings. The van der Waals surface area contributed by atoms with Crippen LogP contribution in [0.5, 0.6) is 5.75 Å². The number of benzene rings is 1. The number of thiophene rings is 1. The smallest absolute Gasteiger partial charge is 0.131 e. The third-order valence-corrected chi connectivity index (χ3v) is 4.92. The first-order chi connectivity index (χ1) is 9.16. The molecule has 0 saturated carbocycles. The zero-order valence-electron chi connectivity index (χ0n) is 11.3. The fraction of sp³-hybridized carbons (Fsp3) is 0.467. The van der Waals surface area contributed by atoms with Crippen molar-refractivity contribution >= 4 is 21.4 Å². The van der Waals surface area contributed by atoms with Crippen LogP contribution < -0.4 is 4.74 Å². The highest BCUT2D eigenvalue weighted by Crippen LogP contribution is 2.38. The van der Waals surface area contributed by atoms with E-state index in [1.54, 1.807) is 17.4 Å². The monoisotopic (exact) mass is 279 g/mol. The topological polar surface area (TPSA) is 12.5 Å². The number of halogens is 1. The van der Waals surface area contributed by atoms with Gasteiger partial charge in [-0.25, -0.2) is 4.39 Å². The van der Waals surface area contributed by atoms with E-state index in [2.05, 4.69) is 17.3 Å². The van der Waals surface area contributed by atoms with Gasteiger partial charge in [0.2, 0.25) is 0 Å². The molecule has 102 valence electrons. The Morgan fingerprint density at radius 2 is 2.21 bits per heavy atom. The lowest BCUT2D eigenvalue weighted by Gasteiger charge is -2.19. The van der Waals surface area contributed by atoms with Gasteiger partial charge in [0.1, 0.15) is 11.6 Å². The summed E-state index contributed by atoms with van der Waals surface area (Å²) in [6, 6.07) is 1.55. The van der Waals surface area contributed by atoms with Gasteiger partial charge in [0.25, 0.3) is 0 Å². The van der Waals surface area contributed by atoms with Crippen LogP contribution in [0.25, 0.3) is 10.1 Å². The second-order valence-corrected chi connectivity index (χ2v) is 6.08. The minimum absolute atomic E-state index is 0.162. The largest absolute Gasteiger partial charge is 0.493 e. The Morgan fingerprint density at radius 1 is 1.37 bits per heavy atom. The first kappa shape index (κ1) is 12.9. The summed E-state index contributed by atoms with van der Waals surface area (Å²) in [5, 5.41) is 3.28. The summed E-state index contributed by atoms with van der Waals surface area (Å²) in [5.41, 5.74) is 2.02. The van der Waals surface area contributed by atoms with Crippen LogP contribution in [0.4, 0.5) is 4.39 Å². The van der Waals surface area contributed by atoms with Gasteiger partial charge in [0.05, 0.1) is 6.61 Å². The highest BCUT2D eigenvalue weighted by atomic mass is 32.1. The lowest BCUT2D eigenvalue weighted by atomic mass is 10.1. The molecule has 2 nitrogen and oxygen atoms in total. The van der Waals surface area contributed by atoms with Crippen LogP contribution in [0.15, 0.2) is 11.4 Å². The van der Waals surface area contributed by atoms with Crippen molar-refractivity contribution in [3.8, 4) is 5.75 Å². The molecule has 1 aromatic carbocycles. The van der Waals surface area contributed by atoms with Crippen molar-refractivity contribution in [1.29, 1.82) is 0 Å². The number of rotatable bonds is 0. The van der Waals surface area contributed by atoms with E-state index >= 15 is 0 Å². The van der Waals surface area contributed by atoms with Crippen LogP contribution in [0, 0.1) is 12.7 Å². The number of nitrogens with zero attached hydrogens (tertiary/aromatic N) is 1. The average Bonchev–Trinajstić information content (AvgIpc) is 2.82. The van der Waals surface area contributed by atoms with E-state index in [-0.39, 0.29) is 5.82 Å². The van der Waals surface area contributed by atoms with Crippen LogP contribution in [0.2, 0.25) is 0 Å². The number of likely N-dealkylation sites (N-methyl/N-ethyl adjacent to an activating group) is 1. The molecule has 1 aliphatic heterocycles. The molecular weight excluding hydrogens is 261 g/mol. The second kappa shape index (κ2) is 5.10. The molecule has 0 fully saturated rings. The van der Waals surface area contributed by atoms with Gasteiger partial charge in [0.15, 0.2) is 0 Å². The summed E-state index contributed by atoms with van der Waals surface area (Å²) in [7, 11) is 2.14. The van der Waals surface area contributed by atoms with Crippen molar-refractivity contribution < 1.29 is 9.13 Å². The molecule has 0 aliphatic carbocycles. The molecule has 0 N–H and O–H groups in total. The first-order valence-corrected chi connectivity index (χ1v) is 7.55. The molecule has 1 aliphatic rings. The number of hydrogen-bond donors (Lipinski definition) is 0. The maximum atomic E-state index is 13.9. The molecule has 0 radical (unpaired) electrons. The van der Waals surface area contributed by atoms with Crippen LogP contribution in [0.1, 0.15) is 17.5 Å². The average molecular weight is 279 g/mol. The maximum absolute atomic E-state index is 13.9. The van der Waals surface area contributed by atoms with E-state index in [1.165, 1.54) is 5.56 Å². The molecule has 4 heteroatoms. The molecule has 0 amide bonds. The van der Waals surface area contributed by atoms with Gasteiger partial charge in [-0.2, -0.15) is 0 Å². The molecule has 0 saturated heterocycles. The number of hydrogen-bond acceptors (Lipinski definition) is 3. The summed E-state index contributed by atoms with van der Waals surface area (Å²) in [6.45, 7) is 4.57. The quantitative estimate of drug-likeness (QED) is 0.730. The van der Waals surface area contributed by atoms with Crippen molar-refractivity contribution in [1.82, 2.24) is 4.90 Å². The molecule has 0 atom stereocenters. The van der Waals surface area contributed by atoms with Crippen molar-refractivity contribution in [3.63, 3.8) is 0 Å². The Labute approximate surface area is 116 Å². The molecule has 0 spiro atoms. The van der Waals surface area contributed by atoms with Gasteiger partial charge in [-0.1, -0.05) is 0 Å². The Kier molecular flexibility index (Phi) is 3.46. The minimum atomic E-state index is -0.162. The Balaban J connectivity index is 2.14. The number of aryl methyl sites for hydroxylation is 1. The molecule has 1 aromatic heterocycles. The van der Waals surface area contributed by atoms with Gasteiger partial charge in [0, 0.05) is 34.8 Å². The predicted molar refractivity (Wildman–Crippen MR) is 77.8 cm³/mol. The van der Waals surface area contributed by atoms with Crippen molar-refractivity contribution in [3.05, 3.63) is 28.4 Å². The lowest BCUT2D eigenvalue weighted by molar-refractivity contribution is 0.262. The van der Waals surface area contributed by atoms with Crippen molar-refractivity contribution in [2.75, 3.05) is 26.7 Å². The van der Waals surface area contributed by atoms with E-state index in [0.29, 0.717) is 6.61 Å². The van der Waals surface area contributed by atoms with E-state index < -0.39 is 0 Å². The summed E-state index contributed by atoms with van der Waals surface area (Å²) in [4.78, 5) is 2.33. The normalized spacial score (nSPS) is 17.4. The van der Waals surface area contributed by atoms with Gasteiger partial charge in [-0.3, -0.25) is 0 Å².